The van der Waals surface area contributed by atoms with Gasteiger partial charge in [-0.1, -0.05) is 35.9 Å². The lowest BCUT2D eigenvalue weighted by atomic mass is 10.1. The number of primary amides is 1. The van der Waals surface area contributed by atoms with Gasteiger partial charge in [-0.15, -0.1) is 0 Å². The van der Waals surface area contributed by atoms with Gasteiger partial charge in [-0.3, -0.25) is 4.57 Å². The highest BCUT2D eigenvalue weighted by molar-refractivity contribution is 6.30. The second-order valence-electron chi connectivity index (χ2n) is 8.38. The van der Waals surface area contributed by atoms with Crippen LogP contribution in [0.1, 0.15) is 12.8 Å². The maximum Gasteiger partial charge on any atom is 0.412 e. The number of nitrogens with two attached hydrogens (primary N) is 1. The highest BCUT2D eigenvalue weighted by Gasteiger charge is 2.54. The van der Waals surface area contributed by atoms with Crippen molar-refractivity contribution < 1.29 is 23.5 Å². The number of nitrogens with zero attached hydrogens (tertiary/aromatic N) is 2. The Bertz CT molecular complexity index is 1310. The van der Waals surface area contributed by atoms with Crippen molar-refractivity contribution in [1.29, 1.82) is 0 Å². The summed E-state index contributed by atoms with van der Waals surface area (Å²) in [6, 6.07) is 10.1. The number of rotatable bonds is 4. The molecule has 2 heterocycles. The van der Waals surface area contributed by atoms with Crippen LogP contribution in [-0.4, -0.2) is 46.3 Å². The van der Waals surface area contributed by atoms with Gasteiger partial charge in [0.1, 0.15) is 0 Å². The molecule has 0 spiro atoms. The SMILES string of the molecule is NC(=O)n1cc(NC(=O)N2[C@H](CNC(=O)Oc3cccc(Cl)c3F)C[C@@H]3C[C@H]32)c2ccccc21. The van der Waals surface area contributed by atoms with Gasteiger partial charge in [0.25, 0.3) is 0 Å². The molecule has 0 unspecified atom stereocenters. The molecule has 3 atom stereocenters. The molecule has 2 aromatic carbocycles. The predicted molar refractivity (Wildman–Crippen MR) is 124 cm³/mol. The molecule has 34 heavy (non-hydrogen) atoms. The molecular formula is C23H21ClFN5O4. The molecule has 4 N–H and O–H groups in total. The summed E-state index contributed by atoms with van der Waals surface area (Å²) in [7, 11) is 0. The number of amides is 4. The number of hydrogen-bond donors (Lipinski definition) is 3. The van der Waals surface area contributed by atoms with Crippen molar-refractivity contribution in [2.45, 2.75) is 24.9 Å². The molecule has 11 heteroatoms. The van der Waals surface area contributed by atoms with Gasteiger partial charge in [0.05, 0.1) is 22.3 Å². The molecule has 1 saturated heterocycles. The summed E-state index contributed by atoms with van der Waals surface area (Å²) < 4.78 is 20.3. The average Bonchev–Trinajstić information content (AvgIpc) is 3.31. The van der Waals surface area contributed by atoms with E-state index < -0.39 is 17.9 Å². The second kappa shape index (κ2) is 8.53. The molecule has 3 aromatic rings. The van der Waals surface area contributed by atoms with Crippen LogP contribution in [0.4, 0.5) is 24.5 Å². The zero-order valence-electron chi connectivity index (χ0n) is 17.8. The first-order valence-corrected chi connectivity index (χ1v) is 11.1. The van der Waals surface area contributed by atoms with Gasteiger partial charge in [0, 0.05) is 24.2 Å². The number of fused-ring (bicyclic) bond motifs is 2. The van der Waals surface area contributed by atoms with E-state index in [9.17, 15) is 18.8 Å². The number of nitrogens with one attached hydrogen (secondary N) is 2. The Kier molecular flexibility index (Phi) is 5.52. The van der Waals surface area contributed by atoms with Crippen LogP contribution >= 0.6 is 11.6 Å². The van der Waals surface area contributed by atoms with Crippen molar-refractivity contribution in [3.8, 4) is 5.75 Å². The summed E-state index contributed by atoms with van der Waals surface area (Å²) in [5, 5.41) is 6.01. The third-order valence-electron chi connectivity index (χ3n) is 6.24. The number of carbonyl (C=O) groups excluding carboxylic acids is 3. The minimum atomic E-state index is -0.841. The van der Waals surface area contributed by atoms with E-state index in [4.69, 9.17) is 22.1 Å². The van der Waals surface area contributed by atoms with E-state index in [-0.39, 0.29) is 35.4 Å². The van der Waals surface area contributed by atoms with Crippen LogP contribution in [0.3, 0.4) is 0 Å². The van der Waals surface area contributed by atoms with Gasteiger partial charge in [-0.25, -0.2) is 18.8 Å². The summed E-state index contributed by atoms with van der Waals surface area (Å²) in [4.78, 5) is 38.9. The molecule has 9 nitrogen and oxygen atoms in total. The zero-order valence-corrected chi connectivity index (χ0v) is 18.6. The number of ether oxygens (including phenoxy) is 1. The molecule has 0 bridgehead atoms. The molecule has 1 aliphatic heterocycles. The highest BCUT2D eigenvalue weighted by Crippen LogP contribution is 2.48. The predicted octanol–water partition coefficient (Wildman–Crippen LogP) is 4.14. The summed E-state index contributed by atoms with van der Waals surface area (Å²) in [5.41, 5.74) is 6.51. The Hall–Kier alpha value is -3.79. The standard InChI is InChI=1S/C23H21ClFN5O4/c24-15-5-3-7-19(20(15)25)34-23(33)27-10-13-8-12-9-18(12)30(13)22(32)28-16-11-29(21(26)31)17-6-2-1-4-14(16)17/h1-7,11-13,18H,8-10H2,(H2,26,31)(H,27,33)(H,28,32)/t12-,13+,18-/m1/s1. The van der Waals surface area contributed by atoms with Gasteiger partial charge in [-0.05, 0) is 37.0 Å². The number of para-hydroxylation sites is 1. The molecular weight excluding hydrogens is 465 g/mol. The van der Waals surface area contributed by atoms with Gasteiger partial charge in [-0.2, -0.15) is 0 Å². The molecule has 1 aromatic heterocycles. The van der Waals surface area contributed by atoms with E-state index in [2.05, 4.69) is 10.6 Å². The first-order chi connectivity index (χ1) is 16.3. The summed E-state index contributed by atoms with van der Waals surface area (Å²) in [6.45, 7) is 0.143. The fourth-order valence-corrected chi connectivity index (χ4v) is 4.76. The Balaban J connectivity index is 1.26. The van der Waals surface area contributed by atoms with Crippen LogP contribution in [-0.2, 0) is 0 Å². The van der Waals surface area contributed by atoms with E-state index in [1.165, 1.54) is 29.0 Å². The first kappa shape index (κ1) is 22.0. The fraction of sp³-hybridized carbons (Fsp3) is 0.261. The van der Waals surface area contributed by atoms with E-state index >= 15 is 0 Å². The van der Waals surface area contributed by atoms with E-state index in [0.717, 1.165) is 12.8 Å². The van der Waals surface area contributed by atoms with Crippen LogP contribution in [0.5, 0.6) is 5.75 Å². The lowest BCUT2D eigenvalue weighted by Crippen LogP contribution is -2.47. The van der Waals surface area contributed by atoms with Gasteiger partial charge in [0.2, 0.25) is 0 Å². The summed E-state index contributed by atoms with van der Waals surface area (Å²) in [6.07, 6.45) is 2.28. The van der Waals surface area contributed by atoms with Crippen LogP contribution in [0.2, 0.25) is 5.02 Å². The van der Waals surface area contributed by atoms with Gasteiger partial charge < -0.3 is 26.0 Å². The molecule has 2 fully saturated rings. The largest absolute Gasteiger partial charge is 0.412 e. The Labute approximate surface area is 198 Å². The number of piperidine rings is 1. The molecule has 1 aliphatic carbocycles. The van der Waals surface area contributed by atoms with Crippen LogP contribution in [0.15, 0.2) is 48.7 Å². The third-order valence-corrected chi connectivity index (χ3v) is 6.53. The van der Waals surface area contributed by atoms with Crippen molar-refractivity contribution in [2.24, 2.45) is 11.7 Å². The topological polar surface area (TPSA) is 119 Å². The van der Waals surface area contributed by atoms with Gasteiger partial charge >= 0.3 is 18.2 Å². The van der Waals surface area contributed by atoms with E-state index in [1.807, 2.05) is 0 Å². The van der Waals surface area contributed by atoms with Crippen LogP contribution < -0.4 is 21.1 Å². The minimum absolute atomic E-state index is 0.0812. The monoisotopic (exact) mass is 485 g/mol. The molecule has 2 aliphatic rings. The number of halogens is 2. The first-order valence-electron chi connectivity index (χ1n) is 10.7. The summed E-state index contributed by atoms with van der Waals surface area (Å²) in [5.74, 6) is -0.733. The maximum atomic E-state index is 14.0. The number of anilines is 1. The van der Waals surface area contributed by atoms with E-state index in [1.54, 1.807) is 29.2 Å². The van der Waals surface area contributed by atoms with E-state index in [0.29, 0.717) is 22.5 Å². The molecule has 1 saturated carbocycles. The number of hydrogen-bond acceptors (Lipinski definition) is 4. The van der Waals surface area contributed by atoms with Crippen molar-refractivity contribution >= 4 is 46.3 Å². The van der Waals surface area contributed by atoms with Crippen molar-refractivity contribution in [3.05, 3.63) is 59.5 Å². The zero-order chi connectivity index (χ0) is 24.0. The number of carbonyl (C=O) groups is 3. The highest BCUT2D eigenvalue weighted by atomic mass is 35.5. The van der Waals surface area contributed by atoms with Crippen molar-refractivity contribution in [3.63, 3.8) is 0 Å². The molecule has 176 valence electrons. The number of likely N-dealkylation sites (tertiary alicyclic amines) is 1. The van der Waals surface area contributed by atoms with Crippen LogP contribution in [0.25, 0.3) is 10.9 Å². The smallest absolute Gasteiger partial charge is 0.407 e. The quantitative estimate of drug-likeness (QED) is 0.514. The summed E-state index contributed by atoms with van der Waals surface area (Å²) >= 11 is 5.71. The normalized spacial score (nSPS) is 20.6. The molecule has 0 radical (unpaired) electrons. The minimum Gasteiger partial charge on any atom is -0.407 e. The Morgan fingerprint density at radius 1 is 1.15 bits per heavy atom. The number of benzene rings is 2. The van der Waals surface area contributed by atoms with Crippen molar-refractivity contribution in [1.82, 2.24) is 14.8 Å². The maximum absolute atomic E-state index is 14.0. The Morgan fingerprint density at radius 2 is 1.94 bits per heavy atom. The van der Waals surface area contributed by atoms with Crippen LogP contribution in [0, 0.1) is 11.7 Å². The van der Waals surface area contributed by atoms with Gasteiger partial charge in [0.15, 0.2) is 11.6 Å². The number of urea groups is 1. The lowest BCUT2D eigenvalue weighted by molar-refractivity contribution is 0.181. The van der Waals surface area contributed by atoms with Crippen molar-refractivity contribution in [2.75, 3.05) is 11.9 Å². The Morgan fingerprint density at radius 3 is 2.74 bits per heavy atom. The fourth-order valence-electron chi connectivity index (χ4n) is 4.60. The third kappa shape index (κ3) is 4.01. The molecule has 5 rings (SSSR count). The number of aromatic nitrogens is 1. The molecule has 4 amide bonds. The lowest BCUT2D eigenvalue weighted by Gasteiger charge is -2.27. The second-order valence-corrected chi connectivity index (χ2v) is 8.79. The average molecular weight is 486 g/mol.